The van der Waals surface area contributed by atoms with Crippen LogP contribution in [0.5, 0.6) is 0 Å². The van der Waals surface area contributed by atoms with E-state index < -0.39 is 0 Å². The maximum atomic E-state index is 13.8. The number of hydrogen-bond donors (Lipinski definition) is 0. The first-order valence-corrected chi connectivity index (χ1v) is 6.30. The Bertz CT molecular complexity index is 452. The van der Waals surface area contributed by atoms with Gasteiger partial charge >= 0.3 is 6.03 Å². The van der Waals surface area contributed by atoms with Crippen molar-refractivity contribution in [1.29, 1.82) is 0 Å². The minimum absolute atomic E-state index is 0.0446. The molecule has 1 unspecified atom stereocenters. The first kappa shape index (κ1) is 12.4. The molecule has 0 N–H and O–H groups in total. The standard InChI is InChI=1S/C12H14BrFN2O/c1-3-16-7-11(15(2)12(16)17)9-6-8(13)4-5-10(9)14/h4-6,11H,3,7H2,1-2H3. The Labute approximate surface area is 108 Å². The summed E-state index contributed by atoms with van der Waals surface area (Å²) in [5, 5.41) is 0. The normalized spacial score (nSPS) is 20.2. The van der Waals surface area contributed by atoms with Gasteiger partial charge in [-0.05, 0) is 25.1 Å². The Kier molecular flexibility index (Phi) is 3.38. The van der Waals surface area contributed by atoms with Gasteiger partial charge in [0, 0.05) is 30.2 Å². The van der Waals surface area contributed by atoms with Crippen LogP contribution in [0.4, 0.5) is 9.18 Å². The van der Waals surface area contributed by atoms with Crippen LogP contribution in [0.1, 0.15) is 18.5 Å². The van der Waals surface area contributed by atoms with Gasteiger partial charge in [-0.25, -0.2) is 9.18 Å². The van der Waals surface area contributed by atoms with Crippen LogP contribution in [0.2, 0.25) is 0 Å². The second-order valence-electron chi connectivity index (χ2n) is 4.11. The summed E-state index contributed by atoms with van der Waals surface area (Å²) >= 11 is 3.33. The molecular weight excluding hydrogens is 287 g/mol. The van der Waals surface area contributed by atoms with Crippen LogP contribution in [0.3, 0.4) is 0 Å². The summed E-state index contributed by atoms with van der Waals surface area (Å²) < 4.78 is 14.6. The highest BCUT2D eigenvalue weighted by Gasteiger charge is 2.35. The Hall–Kier alpha value is -1.10. The fourth-order valence-corrected chi connectivity index (χ4v) is 2.49. The lowest BCUT2D eigenvalue weighted by Gasteiger charge is -2.18. The summed E-state index contributed by atoms with van der Waals surface area (Å²) in [5.41, 5.74) is 0.561. The Morgan fingerprint density at radius 1 is 1.53 bits per heavy atom. The van der Waals surface area contributed by atoms with Crippen LogP contribution >= 0.6 is 15.9 Å². The first-order valence-electron chi connectivity index (χ1n) is 5.51. The topological polar surface area (TPSA) is 23.6 Å². The molecule has 0 bridgehead atoms. The zero-order valence-electron chi connectivity index (χ0n) is 9.78. The molecule has 17 heavy (non-hydrogen) atoms. The van der Waals surface area contributed by atoms with Gasteiger partial charge in [-0.3, -0.25) is 0 Å². The molecule has 0 radical (unpaired) electrons. The van der Waals surface area contributed by atoms with E-state index in [0.29, 0.717) is 18.7 Å². The molecule has 1 saturated heterocycles. The van der Waals surface area contributed by atoms with Gasteiger partial charge in [0.1, 0.15) is 5.82 Å². The second kappa shape index (κ2) is 4.64. The average molecular weight is 301 g/mol. The fraction of sp³-hybridized carbons (Fsp3) is 0.417. The molecule has 1 aliphatic heterocycles. The van der Waals surface area contributed by atoms with Crippen molar-refractivity contribution in [3.05, 3.63) is 34.1 Å². The number of likely N-dealkylation sites (N-methyl/N-ethyl adjacent to an activating group) is 2. The average Bonchev–Trinajstić information content (AvgIpc) is 2.59. The molecule has 1 aromatic carbocycles. The van der Waals surface area contributed by atoms with Crippen LogP contribution < -0.4 is 0 Å². The molecule has 1 fully saturated rings. The van der Waals surface area contributed by atoms with Crippen LogP contribution in [-0.2, 0) is 0 Å². The van der Waals surface area contributed by atoms with Gasteiger partial charge in [0.05, 0.1) is 6.04 Å². The predicted octanol–water partition coefficient (Wildman–Crippen LogP) is 3.02. The number of carbonyl (C=O) groups is 1. The number of urea groups is 1. The van der Waals surface area contributed by atoms with Gasteiger partial charge < -0.3 is 9.80 Å². The lowest BCUT2D eigenvalue weighted by molar-refractivity contribution is 0.197. The highest BCUT2D eigenvalue weighted by Crippen LogP contribution is 2.31. The third-order valence-corrected chi connectivity index (χ3v) is 3.63. The van der Waals surface area contributed by atoms with Crippen LogP contribution in [0, 0.1) is 5.82 Å². The van der Waals surface area contributed by atoms with Crippen molar-refractivity contribution >= 4 is 22.0 Å². The zero-order valence-corrected chi connectivity index (χ0v) is 11.4. The van der Waals surface area contributed by atoms with E-state index in [1.165, 1.54) is 6.07 Å². The summed E-state index contributed by atoms with van der Waals surface area (Å²) in [4.78, 5) is 15.1. The van der Waals surface area contributed by atoms with Gasteiger partial charge in [-0.2, -0.15) is 0 Å². The van der Waals surface area contributed by atoms with Gasteiger partial charge in [0.25, 0.3) is 0 Å². The molecule has 0 spiro atoms. The molecular formula is C12H14BrFN2O. The maximum absolute atomic E-state index is 13.8. The fourth-order valence-electron chi connectivity index (χ4n) is 2.11. The molecule has 2 amide bonds. The number of carbonyl (C=O) groups excluding carboxylic acids is 1. The molecule has 0 saturated carbocycles. The molecule has 5 heteroatoms. The number of hydrogen-bond acceptors (Lipinski definition) is 1. The van der Waals surface area contributed by atoms with E-state index in [9.17, 15) is 9.18 Å². The van der Waals surface area contributed by atoms with Crippen molar-refractivity contribution < 1.29 is 9.18 Å². The minimum Gasteiger partial charge on any atom is -0.323 e. The van der Waals surface area contributed by atoms with Crippen molar-refractivity contribution in [3.8, 4) is 0 Å². The highest BCUT2D eigenvalue weighted by atomic mass is 79.9. The van der Waals surface area contributed by atoms with E-state index in [1.54, 1.807) is 29.0 Å². The van der Waals surface area contributed by atoms with Crippen molar-refractivity contribution in [1.82, 2.24) is 9.80 Å². The van der Waals surface area contributed by atoms with Crippen molar-refractivity contribution in [2.75, 3.05) is 20.1 Å². The quantitative estimate of drug-likeness (QED) is 0.823. The molecule has 92 valence electrons. The molecule has 1 atom stereocenters. The largest absolute Gasteiger partial charge is 0.323 e. The van der Waals surface area contributed by atoms with Crippen molar-refractivity contribution in [3.63, 3.8) is 0 Å². The smallest absolute Gasteiger partial charge is 0.320 e. The molecule has 0 aliphatic carbocycles. The van der Waals surface area contributed by atoms with E-state index in [2.05, 4.69) is 15.9 Å². The van der Waals surface area contributed by atoms with Gasteiger partial charge in [-0.15, -0.1) is 0 Å². The third kappa shape index (κ3) is 2.16. The van der Waals surface area contributed by atoms with Gasteiger partial charge in [-0.1, -0.05) is 15.9 Å². The lowest BCUT2D eigenvalue weighted by atomic mass is 10.1. The molecule has 1 aromatic rings. The Morgan fingerprint density at radius 2 is 2.24 bits per heavy atom. The van der Waals surface area contributed by atoms with E-state index in [4.69, 9.17) is 0 Å². The summed E-state index contributed by atoms with van der Waals surface area (Å²) in [6.07, 6.45) is 0. The SMILES string of the molecule is CCN1CC(c2cc(Br)ccc2F)N(C)C1=O. The highest BCUT2D eigenvalue weighted by molar-refractivity contribution is 9.10. The predicted molar refractivity (Wildman–Crippen MR) is 67.2 cm³/mol. The summed E-state index contributed by atoms with van der Waals surface area (Å²) in [7, 11) is 1.71. The Morgan fingerprint density at radius 3 is 2.82 bits per heavy atom. The van der Waals surface area contributed by atoms with Crippen LogP contribution in [0.25, 0.3) is 0 Å². The van der Waals surface area contributed by atoms with Gasteiger partial charge in [0.2, 0.25) is 0 Å². The molecule has 3 nitrogen and oxygen atoms in total. The van der Waals surface area contributed by atoms with E-state index in [-0.39, 0.29) is 17.9 Å². The molecule has 1 aliphatic rings. The summed E-state index contributed by atoms with van der Waals surface area (Å²) in [5.74, 6) is -0.268. The van der Waals surface area contributed by atoms with E-state index in [1.807, 2.05) is 6.92 Å². The number of rotatable bonds is 2. The first-order chi connectivity index (χ1) is 8.04. The van der Waals surface area contributed by atoms with Gasteiger partial charge in [0.15, 0.2) is 0 Å². The molecule has 0 aromatic heterocycles. The Balaban J connectivity index is 2.35. The van der Waals surface area contributed by atoms with Crippen LogP contribution in [-0.4, -0.2) is 36.0 Å². The number of amides is 2. The summed E-state index contributed by atoms with van der Waals surface area (Å²) in [6, 6.07) is 4.57. The summed E-state index contributed by atoms with van der Waals surface area (Å²) in [6.45, 7) is 3.11. The monoisotopic (exact) mass is 300 g/mol. The third-order valence-electron chi connectivity index (χ3n) is 3.13. The number of benzene rings is 1. The molecule has 1 heterocycles. The number of nitrogens with zero attached hydrogens (tertiary/aromatic N) is 2. The minimum atomic E-state index is -0.268. The lowest BCUT2D eigenvalue weighted by Crippen LogP contribution is -2.29. The van der Waals surface area contributed by atoms with Crippen LogP contribution in [0.15, 0.2) is 22.7 Å². The second-order valence-corrected chi connectivity index (χ2v) is 5.03. The maximum Gasteiger partial charge on any atom is 0.320 e. The molecule has 2 rings (SSSR count). The number of halogens is 2. The van der Waals surface area contributed by atoms with E-state index in [0.717, 1.165) is 4.47 Å². The van der Waals surface area contributed by atoms with Crippen molar-refractivity contribution in [2.24, 2.45) is 0 Å². The van der Waals surface area contributed by atoms with Crippen molar-refractivity contribution in [2.45, 2.75) is 13.0 Å². The van der Waals surface area contributed by atoms with E-state index >= 15 is 0 Å². The zero-order chi connectivity index (χ0) is 12.6.